The zero-order valence-corrected chi connectivity index (χ0v) is 16.5. The summed E-state index contributed by atoms with van der Waals surface area (Å²) in [4.78, 5) is 17.4. The fourth-order valence-electron chi connectivity index (χ4n) is 3.38. The summed E-state index contributed by atoms with van der Waals surface area (Å²) >= 11 is 1.72. The van der Waals surface area contributed by atoms with Crippen molar-refractivity contribution in [2.75, 3.05) is 37.4 Å². The van der Waals surface area contributed by atoms with E-state index in [4.69, 9.17) is 10.7 Å². The molecule has 1 aromatic carbocycles. The maximum atomic E-state index is 6.18. The van der Waals surface area contributed by atoms with E-state index in [9.17, 15) is 0 Å². The molecular formula is C20H24N6S. The van der Waals surface area contributed by atoms with Crippen molar-refractivity contribution in [2.45, 2.75) is 23.8 Å². The Morgan fingerprint density at radius 2 is 1.93 bits per heavy atom. The number of fused-ring (bicyclic) bond motifs is 1. The van der Waals surface area contributed by atoms with Gasteiger partial charge in [0.1, 0.15) is 5.82 Å². The van der Waals surface area contributed by atoms with Gasteiger partial charge >= 0.3 is 0 Å². The Bertz CT molecular complexity index is 952. The van der Waals surface area contributed by atoms with E-state index in [0.717, 1.165) is 42.6 Å². The highest BCUT2D eigenvalue weighted by atomic mass is 32.2. The van der Waals surface area contributed by atoms with Crippen molar-refractivity contribution >= 4 is 34.6 Å². The van der Waals surface area contributed by atoms with Crippen LogP contribution in [0, 0.1) is 0 Å². The van der Waals surface area contributed by atoms with Crippen molar-refractivity contribution in [2.24, 2.45) is 0 Å². The molecule has 0 atom stereocenters. The predicted octanol–water partition coefficient (Wildman–Crippen LogP) is 3.50. The van der Waals surface area contributed by atoms with Crippen molar-refractivity contribution in [3.63, 3.8) is 0 Å². The zero-order chi connectivity index (χ0) is 18.8. The molecule has 6 nitrogen and oxygen atoms in total. The molecule has 2 aromatic heterocycles. The van der Waals surface area contributed by atoms with Crippen LogP contribution in [0.4, 0.5) is 11.8 Å². The van der Waals surface area contributed by atoms with Gasteiger partial charge in [-0.3, -0.25) is 0 Å². The second-order valence-electron chi connectivity index (χ2n) is 6.95. The first-order valence-corrected chi connectivity index (χ1v) is 10.4. The molecule has 140 valence electrons. The average Bonchev–Trinajstić information content (AvgIpc) is 2.69. The number of nitrogens with two attached hydrogens (primary N) is 1. The monoisotopic (exact) mass is 380 g/mol. The average molecular weight is 381 g/mol. The number of nitrogen functional groups attached to an aromatic ring is 1. The lowest BCUT2D eigenvalue weighted by atomic mass is 10.1. The maximum absolute atomic E-state index is 6.18. The Hall–Kier alpha value is -2.38. The summed E-state index contributed by atoms with van der Waals surface area (Å²) in [6, 6.07) is 12.7. The van der Waals surface area contributed by atoms with Crippen LogP contribution in [0.25, 0.3) is 22.3 Å². The lowest BCUT2D eigenvalue weighted by Gasteiger charge is -2.29. The molecule has 1 aliphatic rings. The minimum absolute atomic E-state index is 0.375. The van der Waals surface area contributed by atoms with Gasteiger partial charge in [0.15, 0.2) is 5.65 Å². The molecule has 1 aliphatic heterocycles. The van der Waals surface area contributed by atoms with Gasteiger partial charge in [0.05, 0.1) is 11.1 Å². The fourth-order valence-corrected chi connectivity index (χ4v) is 3.84. The number of likely N-dealkylation sites (tertiary alicyclic amines) is 1. The van der Waals surface area contributed by atoms with E-state index in [0.29, 0.717) is 23.5 Å². The largest absolute Gasteiger partial charge is 0.383 e. The summed E-state index contributed by atoms with van der Waals surface area (Å²) in [5.41, 5.74) is 8.77. The van der Waals surface area contributed by atoms with Crippen LogP contribution in [0.1, 0.15) is 12.8 Å². The Labute approximate surface area is 163 Å². The predicted molar refractivity (Wildman–Crippen MR) is 113 cm³/mol. The van der Waals surface area contributed by atoms with Gasteiger partial charge < -0.3 is 16.0 Å². The Kier molecular flexibility index (Phi) is 5.13. The number of anilines is 2. The molecule has 3 N–H and O–H groups in total. The van der Waals surface area contributed by atoms with Gasteiger partial charge in [-0.25, -0.2) is 4.98 Å². The summed E-state index contributed by atoms with van der Waals surface area (Å²) in [7, 11) is 2.15. The molecule has 1 saturated heterocycles. The van der Waals surface area contributed by atoms with Crippen LogP contribution in [0.15, 0.2) is 41.3 Å². The van der Waals surface area contributed by atoms with E-state index in [-0.39, 0.29) is 0 Å². The number of hydrogen-bond acceptors (Lipinski definition) is 7. The van der Waals surface area contributed by atoms with Gasteiger partial charge in [0, 0.05) is 16.5 Å². The lowest BCUT2D eigenvalue weighted by Crippen LogP contribution is -2.37. The van der Waals surface area contributed by atoms with Gasteiger partial charge in [-0.15, -0.1) is 11.8 Å². The standard InChI is InChI=1S/C20H24N6S/c1-26-10-8-14(9-11-26)22-20-24-18(21)16-6-7-17(23-19(16)25-20)13-4-3-5-15(12-13)27-2/h3-7,12,14H,8-11H2,1-2H3,(H3,21,22,23,24,25). The lowest BCUT2D eigenvalue weighted by molar-refractivity contribution is 0.263. The Balaban J connectivity index is 1.65. The molecule has 0 bridgehead atoms. The third-order valence-electron chi connectivity index (χ3n) is 5.01. The first-order valence-electron chi connectivity index (χ1n) is 9.16. The molecule has 0 unspecified atom stereocenters. The molecule has 3 aromatic rings. The van der Waals surface area contributed by atoms with Crippen LogP contribution in [0.5, 0.6) is 0 Å². The van der Waals surface area contributed by atoms with Crippen molar-refractivity contribution in [3.05, 3.63) is 36.4 Å². The third kappa shape index (κ3) is 3.99. The molecular weight excluding hydrogens is 356 g/mol. The molecule has 4 rings (SSSR count). The van der Waals surface area contributed by atoms with Crippen LogP contribution in [0.2, 0.25) is 0 Å². The van der Waals surface area contributed by atoms with E-state index in [1.165, 1.54) is 4.90 Å². The quantitative estimate of drug-likeness (QED) is 0.671. The normalized spacial score (nSPS) is 15.9. The van der Waals surface area contributed by atoms with Gasteiger partial charge in [-0.05, 0) is 63.5 Å². The topological polar surface area (TPSA) is 80.0 Å². The zero-order valence-electron chi connectivity index (χ0n) is 15.6. The van der Waals surface area contributed by atoms with E-state index < -0.39 is 0 Å². The smallest absolute Gasteiger partial charge is 0.226 e. The number of benzene rings is 1. The van der Waals surface area contributed by atoms with Crippen molar-refractivity contribution in [1.29, 1.82) is 0 Å². The minimum atomic E-state index is 0.375. The van der Waals surface area contributed by atoms with Crippen molar-refractivity contribution in [1.82, 2.24) is 19.9 Å². The van der Waals surface area contributed by atoms with Crippen molar-refractivity contribution in [3.8, 4) is 11.3 Å². The molecule has 0 radical (unpaired) electrons. The van der Waals surface area contributed by atoms with Gasteiger partial charge in [0.2, 0.25) is 5.95 Å². The number of pyridine rings is 1. The third-order valence-corrected chi connectivity index (χ3v) is 5.73. The van der Waals surface area contributed by atoms with Crippen LogP contribution >= 0.6 is 11.8 Å². The number of nitrogens with one attached hydrogen (secondary N) is 1. The maximum Gasteiger partial charge on any atom is 0.226 e. The van der Waals surface area contributed by atoms with E-state index in [1.54, 1.807) is 11.8 Å². The molecule has 0 aliphatic carbocycles. The fraction of sp³-hybridized carbons (Fsp3) is 0.350. The first-order chi connectivity index (χ1) is 13.1. The summed E-state index contributed by atoms with van der Waals surface area (Å²) < 4.78 is 0. The molecule has 0 spiro atoms. The van der Waals surface area contributed by atoms with Crippen LogP contribution in [-0.4, -0.2) is 52.3 Å². The number of hydrogen-bond donors (Lipinski definition) is 2. The van der Waals surface area contributed by atoms with Crippen molar-refractivity contribution < 1.29 is 0 Å². The molecule has 0 saturated carbocycles. The van der Waals surface area contributed by atoms with Crippen LogP contribution in [0.3, 0.4) is 0 Å². The second-order valence-corrected chi connectivity index (χ2v) is 7.83. The van der Waals surface area contributed by atoms with E-state index in [2.05, 4.69) is 57.8 Å². The molecule has 1 fully saturated rings. The summed E-state index contributed by atoms with van der Waals surface area (Å²) in [6.45, 7) is 2.16. The number of thioether (sulfide) groups is 1. The number of aromatic nitrogens is 3. The molecule has 3 heterocycles. The summed E-state index contributed by atoms with van der Waals surface area (Å²) in [5, 5.41) is 4.23. The molecule has 27 heavy (non-hydrogen) atoms. The molecule has 0 amide bonds. The van der Waals surface area contributed by atoms with Gasteiger partial charge in [-0.2, -0.15) is 9.97 Å². The first kappa shape index (κ1) is 18.0. The molecule has 7 heteroatoms. The summed E-state index contributed by atoms with van der Waals surface area (Å²) in [6.07, 6.45) is 4.22. The summed E-state index contributed by atoms with van der Waals surface area (Å²) in [5.74, 6) is 1.03. The Morgan fingerprint density at radius 3 is 2.70 bits per heavy atom. The number of piperidine rings is 1. The number of rotatable bonds is 4. The highest BCUT2D eigenvalue weighted by molar-refractivity contribution is 7.98. The number of nitrogens with zero attached hydrogens (tertiary/aromatic N) is 4. The SMILES string of the molecule is CSc1cccc(-c2ccc3c(N)nc(NC4CCN(C)CC4)nc3n2)c1. The van der Waals surface area contributed by atoms with Gasteiger partial charge in [0.25, 0.3) is 0 Å². The second kappa shape index (κ2) is 7.70. The highest BCUT2D eigenvalue weighted by Crippen LogP contribution is 2.26. The van der Waals surface area contributed by atoms with Crippen LogP contribution in [-0.2, 0) is 0 Å². The Morgan fingerprint density at radius 1 is 1.11 bits per heavy atom. The van der Waals surface area contributed by atoms with E-state index in [1.807, 2.05) is 12.1 Å². The highest BCUT2D eigenvalue weighted by Gasteiger charge is 2.18. The van der Waals surface area contributed by atoms with E-state index >= 15 is 0 Å². The van der Waals surface area contributed by atoms with Crippen LogP contribution < -0.4 is 11.1 Å². The minimum Gasteiger partial charge on any atom is -0.383 e. The van der Waals surface area contributed by atoms with Gasteiger partial charge in [-0.1, -0.05) is 12.1 Å².